The Morgan fingerprint density at radius 1 is 0.967 bits per heavy atom. The lowest BCUT2D eigenvalue weighted by Gasteiger charge is -2.13. The smallest absolute Gasteiger partial charge is 0.339 e. The summed E-state index contributed by atoms with van der Waals surface area (Å²) in [5.74, 6) is 0.857. The third-order valence-electron chi connectivity index (χ3n) is 4.26. The minimum absolute atomic E-state index is 0.406. The van der Waals surface area contributed by atoms with Crippen LogP contribution in [-0.4, -0.2) is 12.2 Å². The molecular weight excluding hydrogens is 510 g/mol. The number of hydrazone groups is 1. The Labute approximate surface area is 192 Å². The van der Waals surface area contributed by atoms with Crippen LogP contribution < -0.4 is 15.5 Å². The molecule has 0 unspecified atom stereocenters. The molecule has 3 rings (SSSR count). The molecule has 0 aliphatic heterocycles. The number of hydrogen-bond acceptors (Lipinski definition) is 3. The fraction of sp³-hybridized carbons (Fsp3) is 0.130. The van der Waals surface area contributed by atoms with Crippen LogP contribution in [0, 0.1) is 13.8 Å². The van der Waals surface area contributed by atoms with E-state index >= 15 is 0 Å². The normalized spacial score (nSPS) is 10.8. The number of halogens is 2. The summed E-state index contributed by atoms with van der Waals surface area (Å²) in [5, 5.41) is 6.74. The lowest BCUT2D eigenvalue weighted by molar-refractivity contribution is 0.252. The fourth-order valence-electron chi connectivity index (χ4n) is 2.88. The number of rotatable bonds is 6. The van der Waals surface area contributed by atoms with E-state index in [1.54, 1.807) is 18.3 Å². The first-order chi connectivity index (χ1) is 14.4. The van der Waals surface area contributed by atoms with Crippen molar-refractivity contribution in [1.82, 2.24) is 5.43 Å². The Balaban J connectivity index is 1.57. The summed E-state index contributed by atoms with van der Waals surface area (Å²) in [6, 6.07) is 18.9. The highest BCUT2D eigenvalue weighted by Gasteiger charge is 2.07. The maximum absolute atomic E-state index is 11.9. The Bertz CT molecular complexity index is 1030. The molecule has 2 amide bonds. The molecule has 2 N–H and O–H groups in total. The molecule has 30 heavy (non-hydrogen) atoms. The number of carbonyl (C=O) groups excluding carboxylic acids is 1. The van der Waals surface area contributed by atoms with E-state index in [1.807, 2.05) is 62.4 Å². The summed E-state index contributed by atoms with van der Waals surface area (Å²) < 4.78 is 8.01. The lowest BCUT2D eigenvalue weighted by Crippen LogP contribution is -2.24. The van der Waals surface area contributed by atoms with Crippen LogP contribution in [0.1, 0.15) is 22.3 Å². The van der Waals surface area contributed by atoms with Crippen molar-refractivity contribution in [1.29, 1.82) is 0 Å². The molecule has 0 aliphatic carbocycles. The van der Waals surface area contributed by atoms with Crippen LogP contribution in [0.3, 0.4) is 0 Å². The number of aryl methyl sites for hydroxylation is 2. The lowest BCUT2D eigenvalue weighted by atomic mass is 10.1. The van der Waals surface area contributed by atoms with Gasteiger partial charge in [-0.05, 0) is 84.6 Å². The van der Waals surface area contributed by atoms with Gasteiger partial charge in [0.2, 0.25) is 0 Å². The monoisotopic (exact) mass is 529 g/mol. The molecule has 5 nitrogen and oxygen atoms in total. The number of amides is 2. The van der Waals surface area contributed by atoms with E-state index in [0.717, 1.165) is 36.9 Å². The highest BCUT2D eigenvalue weighted by Crippen LogP contribution is 2.25. The van der Waals surface area contributed by atoms with E-state index in [2.05, 4.69) is 47.7 Å². The number of benzene rings is 3. The van der Waals surface area contributed by atoms with E-state index < -0.39 is 6.03 Å². The Morgan fingerprint density at radius 3 is 2.13 bits per heavy atom. The van der Waals surface area contributed by atoms with Gasteiger partial charge in [0, 0.05) is 14.6 Å². The van der Waals surface area contributed by atoms with Crippen molar-refractivity contribution in [2.75, 3.05) is 5.32 Å². The number of nitrogens with zero attached hydrogens (tertiary/aromatic N) is 1. The summed E-state index contributed by atoms with van der Waals surface area (Å²) in [4.78, 5) is 11.9. The summed E-state index contributed by atoms with van der Waals surface area (Å²) in [6.07, 6.45) is 1.61. The third kappa shape index (κ3) is 6.43. The van der Waals surface area contributed by atoms with Crippen LogP contribution in [0.2, 0.25) is 0 Å². The SMILES string of the molecule is Cc1cc(/C=N\NC(=O)Nc2ccc(Br)cc2)cc(C)c1OCc1ccc(Br)cc1. The molecule has 0 atom stereocenters. The topological polar surface area (TPSA) is 62.7 Å². The van der Waals surface area contributed by atoms with E-state index in [9.17, 15) is 4.79 Å². The van der Waals surface area contributed by atoms with Crippen molar-refractivity contribution in [2.45, 2.75) is 20.5 Å². The average molecular weight is 531 g/mol. The molecular formula is C23H21Br2N3O2. The van der Waals surface area contributed by atoms with Gasteiger partial charge in [0.05, 0.1) is 6.21 Å². The molecule has 154 valence electrons. The molecule has 0 spiro atoms. The molecule has 0 radical (unpaired) electrons. The molecule has 3 aromatic rings. The number of carbonyl (C=O) groups is 1. The highest BCUT2D eigenvalue weighted by atomic mass is 79.9. The predicted octanol–water partition coefficient (Wildman–Crippen LogP) is 6.56. The highest BCUT2D eigenvalue weighted by molar-refractivity contribution is 9.10. The van der Waals surface area contributed by atoms with E-state index in [4.69, 9.17) is 4.74 Å². The quantitative estimate of drug-likeness (QED) is 0.280. The number of ether oxygens (including phenoxy) is 1. The standard InChI is InChI=1S/C23H21Br2N3O2/c1-15-11-18(13-26-28-23(29)27-21-9-7-20(25)8-10-21)12-16(2)22(15)30-14-17-3-5-19(24)6-4-17/h3-13H,14H2,1-2H3,(H2,27,28,29)/b26-13-. The van der Waals surface area contributed by atoms with Gasteiger partial charge in [-0.15, -0.1) is 0 Å². The zero-order chi connectivity index (χ0) is 21.5. The number of nitrogens with one attached hydrogen (secondary N) is 2. The van der Waals surface area contributed by atoms with Crippen molar-refractivity contribution in [3.05, 3.63) is 91.9 Å². The molecule has 0 aromatic heterocycles. The van der Waals surface area contributed by atoms with Gasteiger partial charge in [-0.2, -0.15) is 5.10 Å². The van der Waals surface area contributed by atoms with E-state index in [1.165, 1.54) is 0 Å². The molecule has 0 saturated carbocycles. The van der Waals surface area contributed by atoms with Crippen LogP contribution in [0.25, 0.3) is 0 Å². The van der Waals surface area contributed by atoms with Crippen LogP contribution in [0.15, 0.2) is 74.7 Å². The first-order valence-electron chi connectivity index (χ1n) is 9.25. The van der Waals surface area contributed by atoms with Crippen LogP contribution in [0.5, 0.6) is 5.75 Å². The van der Waals surface area contributed by atoms with Crippen molar-refractivity contribution in [2.24, 2.45) is 5.10 Å². The molecule has 3 aromatic carbocycles. The van der Waals surface area contributed by atoms with Gasteiger partial charge < -0.3 is 10.1 Å². The number of urea groups is 1. The Hall–Kier alpha value is -2.64. The Kier molecular flexibility index (Phi) is 7.65. The molecule has 0 aliphatic rings. The minimum Gasteiger partial charge on any atom is -0.488 e. The van der Waals surface area contributed by atoms with Crippen molar-refractivity contribution in [3.8, 4) is 5.75 Å². The largest absolute Gasteiger partial charge is 0.488 e. The average Bonchev–Trinajstić information content (AvgIpc) is 2.70. The summed E-state index contributed by atoms with van der Waals surface area (Å²) >= 11 is 6.79. The number of anilines is 1. The maximum atomic E-state index is 11.9. The second-order valence-corrected chi connectivity index (χ2v) is 8.56. The second-order valence-electron chi connectivity index (χ2n) is 6.73. The maximum Gasteiger partial charge on any atom is 0.339 e. The van der Waals surface area contributed by atoms with E-state index in [0.29, 0.717) is 12.3 Å². The number of hydrogen-bond donors (Lipinski definition) is 2. The van der Waals surface area contributed by atoms with Crippen molar-refractivity contribution >= 4 is 49.8 Å². The van der Waals surface area contributed by atoms with Gasteiger partial charge in [0.25, 0.3) is 0 Å². The summed E-state index contributed by atoms with van der Waals surface area (Å²) in [7, 11) is 0. The fourth-order valence-corrected chi connectivity index (χ4v) is 3.41. The second kappa shape index (κ2) is 10.4. The minimum atomic E-state index is -0.406. The summed E-state index contributed by atoms with van der Waals surface area (Å²) in [6.45, 7) is 4.49. The van der Waals surface area contributed by atoms with Crippen molar-refractivity contribution < 1.29 is 9.53 Å². The van der Waals surface area contributed by atoms with E-state index in [-0.39, 0.29) is 0 Å². The third-order valence-corrected chi connectivity index (χ3v) is 5.32. The van der Waals surface area contributed by atoms with Gasteiger partial charge >= 0.3 is 6.03 Å². The molecule has 0 heterocycles. The molecule has 0 saturated heterocycles. The van der Waals surface area contributed by atoms with Gasteiger partial charge in [0.15, 0.2) is 0 Å². The predicted molar refractivity (Wildman–Crippen MR) is 128 cm³/mol. The molecule has 0 bridgehead atoms. The zero-order valence-electron chi connectivity index (χ0n) is 16.6. The van der Waals surface area contributed by atoms with Crippen molar-refractivity contribution in [3.63, 3.8) is 0 Å². The van der Waals surface area contributed by atoms with Gasteiger partial charge in [-0.25, -0.2) is 10.2 Å². The Morgan fingerprint density at radius 2 is 1.53 bits per heavy atom. The van der Waals surface area contributed by atoms with Crippen LogP contribution in [-0.2, 0) is 6.61 Å². The molecule has 0 fully saturated rings. The first-order valence-corrected chi connectivity index (χ1v) is 10.8. The first kappa shape index (κ1) is 22.1. The van der Waals surface area contributed by atoms with Gasteiger partial charge in [0.1, 0.15) is 12.4 Å². The molecule has 7 heteroatoms. The zero-order valence-corrected chi connectivity index (χ0v) is 19.7. The van der Waals surface area contributed by atoms with Gasteiger partial charge in [-0.3, -0.25) is 0 Å². The van der Waals surface area contributed by atoms with Crippen LogP contribution in [0.4, 0.5) is 10.5 Å². The summed E-state index contributed by atoms with van der Waals surface area (Å²) in [5.41, 5.74) is 7.15. The van der Waals surface area contributed by atoms with Gasteiger partial charge in [-0.1, -0.05) is 44.0 Å². The van der Waals surface area contributed by atoms with Crippen LogP contribution >= 0.6 is 31.9 Å².